The van der Waals surface area contributed by atoms with Crippen LogP contribution in [-0.2, 0) is 11.2 Å². The zero-order valence-electron chi connectivity index (χ0n) is 8.55. The molecule has 72 valence electrons. The number of anilines is 1. The Morgan fingerprint density at radius 3 is 2.77 bits per heavy atom. The van der Waals surface area contributed by atoms with Gasteiger partial charge in [-0.1, -0.05) is 19.1 Å². The van der Waals surface area contributed by atoms with Gasteiger partial charge in [-0.25, -0.2) is 0 Å². The van der Waals surface area contributed by atoms with Crippen LogP contribution in [0.5, 0.6) is 0 Å². The predicted octanol–water partition coefficient (Wildman–Crippen LogP) is 2.57. The maximum absolute atomic E-state index is 4.96. The third kappa shape index (κ3) is 2.74. The van der Waals surface area contributed by atoms with Gasteiger partial charge in [0.15, 0.2) is 0 Å². The van der Waals surface area contributed by atoms with Crippen LogP contribution in [0.2, 0.25) is 0 Å². The van der Waals surface area contributed by atoms with E-state index in [1.54, 1.807) is 7.11 Å². The standard InChI is InChI=1S/C11H17NO/c1-4-10-6-5-9(2)11(7-10)12-8-13-3/h5-7,12H,4,8H2,1-3H3. The minimum atomic E-state index is 0.563. The van der Waals surface area contributed by atoms with Gasteiger partial charge in [-0.3, -0.25) is 0 Å². The lowest BCUT2D eigenvalue weighted by molar-refractivity contribution is 0.221. The van der Waals surface area contributed by atoms with Crippen molar-refractivity contribution in [1.29, 1.82) is 0 Å². The van der Waals surface area contributed by atoms with Crippen LogP contribution in [-0.4, -0.2) is 13.8 Å². The first kappa shape index (κ1) is 10.1. The van der Waals surface area contributed by atoms with Gasteiger partial charge in [0.2, 0.25) is 0 Å². The van der Waals surface area contributed by atoms with Crippen molar-refractivity contribution in [3.8, 4) is 0 Å². The zero-order chi connectivity index (χ0) is 9.68. The van der Waals surface area contributed by atoms with Crippen molar-refractivity contribution in [3.63, 3.8) is 0 Å². The van der Waals surface area contributed by atoms with Crippen molar-refractivity contribution < 1.29 is 4.74 Å². The van der Waals surface area contributed by atoms with Gasteiger partial charge in [-0.15, -0.1) is 0 Å². The molecule has 0 aliphatic rings. The Morgan fingerprint density at radius 1 is 1.38 bits per heavy atom. The zero-order valence-corrected chi connectivity index (χ0v) is 8.55. The van der Waals surface area contributed by atoms with Crippen LogP contribution in [0.25, 0.3) is 0 Å². The number of ether oxygens (including phenoxy) is 1. The molecule has 0 saturated carbocycles. The fourth-order valence-electron chi connectivity index (χ4n) is 1.23. The van der Waals surface area contributed by atoms with Crippen molar-refractivity contribution in [2.24, 2.45) is 0 Å². The van der Waals surface area contributed by atoms with E-state index in [1.807, 2.05) is 0 Å². The second-order valence-corrected chi connectivity index (χ2v) is 3.11. The fraction of sp³-hybridized carbons (Fsp3) is 0.455. The average molecular weight is 179 g/mol. The van der Waals surface area contributed by atoms with E-state index in [2.05, 4.69) is 37.4 Å². The summed E-state index contributed by atoms with van der Waals surface area (Å²) in [6, 6.07) is 6.47. The highest BCUT2D eigenvalue weighted by Crippen LogP contribution is 2.16. The summed E-state index contributed by atoms with van der Waals surface area (Å²) >= 11 is 0. The fourth-order valence-corrected chi connectivity index (χ4v) is 1.23. The molecular weight excluding hydrogens is 162 g/mol. The van der Waals surface area contributed by atoms with Crippen molar-refractivity contribution in [2.45, 2.75) is 20.3 Å². The summed E-state index contributed by atoms with van der Waals surface area (Å²) in [5.74, 6) is 0. The molecule has 1 aromatic rings. The summed E-state index contributed by atoms with van der Waals surface area (Å²) in [5, 5.41) is 3.22. The van der Waals surface area contributed by atoms with Gasteiger partial charge >= 0.3 is 0 Å². The minimum absolute atomic E-state index is 0.563. The first-order chi connectivity index (χ1) is 6.27. The van der Waals surface area contributed by atoms with Crippen molar-refractivity contribution in [1.82, 2.24) is 0 Å². The van der Waals surface area contributed by atoms with E-state index in [-0.39, 0.29) is 0 Å². The molecule has 0 fully saturated rings. The van der Waals surface area contributed by atoms with Crippen LogP contribution in [0.3, 0.4) is 0 Å². The quantitative estimate of drug-likeness (QED) is 0.717. The van der Waals surface area contributed by atoms with Crippen LogP contribution >= 0.6 is 0 Å². The molecule has 2 nitrogen and oxygen atoms in total. The third-order valence-corrected chi connectivity index (χ3v) is 2.12. The summed E-state index contributed by atoms with van der Waals surface area (Å²) in [5.41, 5.74) is 3.78. The Labute approximate surface area is 79.9 Å². The van der Waals surface area contributed by atoms with Crippen LogP contribution in [0.15, 0.2) is 18.2 Å². The molecule has 0 amide bonds. The van der Waals surface area contributed by atoms with Gasteiger partial charge in [0.05, 0.1) is 0 Å². The molecule has 0 bridgehead atoms. The Kier molecular flexibility index (Phi) is 3.77. The van der Waals surface area contributed by atoms with Crippen LogP contribution < -0.4 is 5.32 Å². The maximum Gasteiger partial charge on any atom is 0.116 e. The van der Waals surface area contributed by atoms with Gasteiger partial charge in [0.25, 0.3) is 0 Å². The van der Waals surface area contributed by atoms with Gasteiger partial charge in [-0.2, -0.15) is 0 Å². The Balaban J connectivity index is 2.78. The number of benzene rings is 1. The summed E-state index contributed by atoms with van der Waals surface area (Å²) in [4.78, 5) is 0. The smallest absolute Gasteiger partial charge is 0.116 e. The Bertz CT molecular complexity index is 271. The van der Waals surface area contributed by atoms with Crippen LogP contribution in [0, 0.1) is 6.92 Å². The normalized spacial score (nSPS) is 10.1. The van der Waals surface area contributed by atoms with Crippen LogP contribution in [0.4, 0.5) is 5.69 Å². The highest BCUT2D eigenvalue weighted by molar-refractivity contribution is 5.52. The molecule has 0 unspecified atom stereocenters. The number of hydrogen-bond donors (Lipinski definition) is 1. The molecule has 0 radical (unpaired) electrons. The lowest BCUT2D eigenvalue weighted by atomic mass is 10.1. The Hall–Kier alpha value is -1.02. The lowest BCUT2D eigenvalue weighted by Crippen LogP contribution is -2.04. The van der Waals surface area contributed by atoms with Crippen molar-refractivity contribution >= 4 is 5.69 Å². The summed E-state index contributed by atoms with van der Waals surface area (Å²) in [7, 11) is 1.69. The molecule has 13 heavy (non-hydrogen) atoms. The molecule has 2 heteroatoms. The number of hydrogen-bond acceptors (Lipinski definition) is 2. The monoisotopic (exact) mass is 179 g/mol. The van der Waals surface area contributed by atoms with Crippen molar-refractivity contribution in [3.05, 3.63) is 29.3 Å². The van der Waals surface area contributed by atoms with Gasteiger partial charge in [0, 0.05) is 12.8 Å². The molecule has 0 spiro atoms. The topological polar surface area (TPSA) is 21.3 Å². The number of methoxy groups -OCH3 is 1. The second-order valence-electron chi connectivity index (χ2n) is 3.11. The van der Waals surface area contributed by atoms with E-state index in [0.29, 0.717) is 6.73 Å². The van der Waals surface area contributed by atoms with Gasteiger partial charge < -0.3 is 10.1 Å². The van der Waals surface area contributed by atoms with E-state index >= 15 is 0 Å². The SMILES string of the molecule is CCc1ccc(C)c(NCOC)c1. The number of rotatable bonds is 4. The number of nitrogens with one attached hydrogen (secondary N) is 1. The van der Waals surface area contributed by atoms with E-state index in [1.165, 1.54) is 16.8 Å². The van der Waals surface area contributed by atoms with Crippen molar-refractivity contribution in [2.75, 3.05) is 19.2 Å². The third-order valence-electron chi connectivity index (χ3n) is 2.12. The molecule has 1 rings (SSSR count). The van der Waals surface area contributed by atoms with E-state index in [0.717, 1.165) is 6.42 Å². The molecule has 0 aliphatic carbocycles. The number of aryl methyl sites for hydroxylation is 2. The van der Waals surface area contributed by atoms with E-state index < -0.39 is 0 Å². The minimum Gasteiger partial charge on any atom is -0.365 e. The first-order valence-corrected chi connectivity index (χ1v) is 4.60. The lowest BCUT2D eigenvalue weighted by Gasteiger charge is -2.09. The highest BCUT2D eigenvalue weighted by atomic mass is 16.5. The molecule has 1 aromatic carbocycles. The molecule has 0 aromatic heterocycles. The van der Waals surface area contributed by atoms with E-state index in [4.69, 9.17) is 4.74 Å². The van der Waals surface area contributed by atoms with Crippen LogP contribution in [0.1, 0.15) is 18.1 Å². The average Bonchev–Trinajstić information content (AvgIpc) is 2.17. The maximum atomic E-state index is 4.96. The highest BCUT2D eigenvalue weighted by Gasteiger charge is 1.97. The molecule has 0 atom stereocenters. The molecule has 0 aliphatic heterocycles. The van der Waals surface area contributed by atoms with E-state index in [9.17, 15) is 0 Å². The first-order valence-electron chi connectivity index (χ1n) is 4.60. The Morgan fingerprint density at radius 2 is 2.15 bits per heavy atom. The summed E-state index contributed by atoms with van der Waals surface area (Å²) < 4.78 is 4.96. The molecular formula is C11H17NO. The summed E-state index contributed by atoms with van der Waals surface area (Å²) in [6.45, 7) is 4.82. The predicted molar refractivity (Wildman–Crippen MR) is 56.1 cm³/mol. The van der Waals surface area contributed by atoms with Gasteiger partial charge in [-0.05, 0) is 30.5 Å². The van der Waals surface area contributed by atoms with Gasteiger partial charge in [0.1, 0.15) is 6.73 Å². The molecule has 0 saturated heterocycles. The second kappa shape index (κ2) is 4.87. The summed E-state index contributed by atoms with van der Waals surface area (Å²) in [6.07, 6.45) is 1.07. The molecule has 0 heterocycles. The molecule has 1 N–H and O–H groups in total. The largest absolute Gasteiger partial charge is 0.365 e.